The van der Waals surface area contributed by atoms with Crippen molar-refractivity contribution in [2.75, 3.05) is 0 Å². The molecular weight excluding hydrogens is 302 g/mol. The number of piperidine rings is 1. The maximum Gasteiger partial charge on any atom is 0.0290 e. The van der Waals surface area contributed by atoms with E-state index in [1.807, 2.05) is 0 Å². The van der Waals surface area contributed by atoms with Crippen LogP contribution in [0.3, 0.4) is 0 Å². The van der Waals surface area contributed by atoms with Crippen molar-refractivity contribution in [2.45, 2.75) is 65.1 Å². The van der Waals surface area contributed by atoms with Crippen molar-refractivity contribution in [3.8, 4) is 0 Å². The van der Waals surface area contributed by atoms with Gasteiger partial charge in [-0.25, -0.2) is 0 Å². The van der Waals surface area contributed by atoms with Gasteiger partial charge in [-0.1, -0.05) is 60.5 Å². The molecule has 2 aliphatic heterocycles. The van der Waals surface area contributed by atoms with Gasteiger partial charge in [-0.3, -0.25) is 4.90 Å². The lowest BCUT2D eigenvalue weighted by Crippen LogP contribution is -2.47. The second-order valence-corrected chi connectivity index (χ2v) is 7.98. The Morgan fingerprint density at radius 1 is 0.960 bits per heavy atom. The minimum absolute atomic E-state index is 0.600. The molecule has 0 aliphatic carbocycles. The number of benzene rings is 2. The molecule has 0 aromatic heterocycles. The Morgan fingerprint density at radius 2 is 1.68 bits per heavy atom. The summed E-state index contributed by atoms with van der Waals surface area (Å²) in [6.07, 6.45) is 7.80. The van der Waals surface area contributed by atoms with Gasteiger partial charge in [-0.2, -0.15) is 0 Å². The fourth-order valence-electron chi connectivity index (χ4n) is 5.03. The maximum absolute atomic E-state index is 2.75. The van der Waals surface area contributed by atoms with Gasteiger partial charge in [-0.05, 0) is 67.9 Å². The van der Waals surface area contributed by atoms with Gasteiger partial charge in [-0.15, -0.1) is 0 Å². The van der Waals surface area contributed by atoms with Crippen LogP contribution in [0.1, 0.15) is 53.5 Å². The van der Waals surface area contributed by atoms with Gasteiger partial charge >= 0.3 is 0 Å². The SMILES string of the molecule is Cc1cc(C)c(C2=CC3CCCC(C2)N3Cc2ccccc2)c(C)c1. The van der Waals surface area contributed by atoms with Crippen molar-refractivity contribution >= 4 is 5.57 Å². The molecule has 130 valence electrons. The van der Waals surface area contributed by atoms with Gasteiger partial charge < -0.3 is 0 Å². The first-order valence-corrected chi connectivity index (χ1v) is 9.70. The van der Waals surface area contributed by atoms with Crippen LogP contribution in [0, 0.1) is 20.8 Å². The smallest absolute Gasteiger partial charge is 0.0290 e. The fraction of sp³-hybridized carbons (Fsp3) is 0.417. The summed E-state index contributed by atoms with van der Waals surface area (Å²) in [6, 6.07) is 16.9. The second kappa shape index (κ2) is 6.80. The molecule has 4 rings (SSSR count). The molecule has 0 N–H and O–H groups in total. The normalized spacial score (nSPS) is 23.4. The molecule has 0 spiro atoms. The Kier molecular flexibility index (Phi) is 4.52. The van der Waals surface area contributed by atoms with Crippen LogP contribution < -0.4 is 0 Å². The summed E-state index contributed by atoms with van der Waals surface area (Å²) < 4.78 is 0. The zero-order valence-corrected chi connectivity index (χ0v) is 15.8. The summed E-state index contributed by atoms with van der Waals surface area (Å²) in [4.78, 5) is 2.75. The molecule has 2 atom stereocenters. The van der Waals surface area contributed by atoms with Gasteiger partial charge in [0.2, 0.25) is 0 Å². The molecule has 2 aromatic rings. The molecular formula is C24H29N. The molecule has 2 bridgehead atoms. The summed E-state index contributed by atoms with van der Waals surface area (Å²) in [6.45, 7) is 7.85. The predicted octanol–water partition coefficient (Wildman–Crippen LogP) is 5.82. The molecule has 1 saturated heterocycles. The second-order valence-electron chi connectivity index (χ2n) is 7.98. The van der Waals surface area contributed by atoms with E-state index in [0.29, 0.717) is 12.1 Å². The number of nitrogens with zero attached hydrogens (tertiary/aromatic N) is 1. The minimum Gasteiger partial charge on any atom is -0.289 e. The third-order valence-electron chi connectivity index (χ3n) is 5.99. The van der Waals surface area contributed by atoms with Gasteiger partial charge in [0.05, 0.1) is 0 Å². The highest BCUT2D eigenvalue weighted by molar-refractivity contribution is 5.73. The Morgan fingerprint density at radius 3 is 2.36 bits per heavy atom. The van der Waals surface area contributed by atoms with Crippen LogP contribution in [0.4, 0.5) is 0 Å². The lowest BCUT2D eigenvalue weighted by Gasteiger charge is -2.45. The standard InChI is InChI=1S/C24H29N/c1-17-12-18(2)24(19(3)13-17)21-14-22-10-7-11-23(15-21)25(22)16-20-8-5-4-6-9-20/h4-6,8-9,12-14,22-23H,7,10-11,15-16H2,1-3H3. The van der Waals surface area contributed by atoms with Crippen LogP contribution in [-0.4, -0.2) is 17.0 Å². The van der Waals surface area contributed by atoms with Crippen molar-refractivity contribution in [1.29, 1.82) is 0 Å². The zero-order chi connectivity index (χ0) is 17.4. The summed E-state index contributed by atoms with van der Waals surface area (Å²) in [7, 11) is 0. The third-order valence-corrected chi connectivity index (χ3v) is 5.99. The molecule has 1 fully saturated rings. The first kappa shape index (κ1) is 16.6. The molecule has 25 heavy (non-hydrogen) atoms. The van der Waals surface area contributed by atoms with E-state index in [1.54, 1.807) is 5.57 Å². The topological polar surface area (TPSA) is 3.24 Å². The Labute approximate surface area is 152 Å². The molecule has 1 heteroatoms. The lowest BCUT2D eigenvalue weighted by molar-refractivity contribution is 0.0951. The number of fused-ring (bicyclic) bond motifs is 2. The highest BCUT2D eigenvalue weighted by Gasteiger charge is 2.34. The molecule has 2 heterocycles. The minimum atomic E-state index is 0.600. The van der Waals surface area contributed by atoms with Gasteiger partial charge in [0.1, 0.15) is 0 Å². The number of rotatable bonds is 3. The van der Waals surface area contributed by atoms with E-state index in [9.17, 15) is 0 Å². The Hall–Kier alpha value is -1.86. The van der Waals surface area contributed by atoms with Crippen LogP contribution in [-0.2, 0) is 6.54 Å². The van der Waals surface area contributed by atoms with Crippen molar-refractivity contribution in [3.05, 3.63) is 76.4 Å². The van der Waals surface area contributed by atoms with E-state index < -0.39 is 0 Å². The Bertz CT molecular complexity index is 764. The van der Waals surface area contributed by atoms with Crippen molar-refractivity contribution in [3.63, 3.8) is 0 Å². The van der Waals surface area contributed by atoms with Crippen LogP contribution in [0.15, 0.2) is 48.5 Å². The van der Waals surface area contributed by atoms with E-state index in [-0.39, 0.29) is 0 Å². The largest absolute Gasteiger partial charge is 0.289 e. The van der Waals surface area contributed by atoms with Gasteiger partial charge in [0, 0.05) is 18.6 Å². The molecule has 0 saturated carbocycles. The monoisotopic (exact) mass is 331 g/mol. The number of hydrogen-bond acceptors (Lipinski definition) is 1. The van der Waals surface area contributed by atoms with E-state index in [2.05, 4.69) is 74.2 Å². The molecule has 0 amide bonds. The molecule has 0 radical (unpaired) electrons. The molecule has 2 aromatic carbocycles. The summed E-state index contributed by atoms with van der Waals surface area (Å²) in [5.41, 5.74) is 8.81. The predicted molar refractivity (Wildman–Crippen MR) is 107 cm³/mol. The van der Waals surface area contributed by atoms with E-state index in [0.717, 1.165) is 6.54 Å². The van der Waals surface area contributed by atoms with Crippen LogP contribution in [0.5, 0.6) is 0 Å². The van der Waals surface area contributed by atoms with E-state index in [4.69, 9.17) is 0 Å². The molecule has 2 unspecified atom stereocenters. The van der Waals surface area contributed by atoms with Crippen molar-refractivity contribution in [1.82, 2.24) is 4.90 Å². The summed E-state index contributed by atoms with van der Waals surface area (Å²) in [5, 5.41) is 0. The van der Waals surface area contributed by atoms with Crippen molar-refractivity contribution in [2.24, 2.45) is 0 Å². The fourth-order valence-corrected chi connectivity index (χ4v) is 5.03. The zero-order valence-electron chi connectivity index (χ0n) is 15.8. The van der Waals surface area contributed by atoms with Gasteiger partial charge in [0.15, 0.2) is 0 Å². The maximum atomic E-state index is 2.75. The number of hydrogen-bond donors (Lipinski definition) is 0. The van der Waals surface area contributed by atoms with E-state index >= 15 is 0 Å². The first-order valence-electron chi connectivity index (χ1n) is 9.70. The van der Waals surface area contributed by atoms with Crippen molar-refractivity contribution < 1.29 is 0 Å². The first-order chi connectivity index (χ1) is 12.1. The molecule has 2 aliphatic rings. The van der Waals surface area contributed by atoms with Crippen LogP contribution in [0.25, 0.3) is 5.57 Å². The Balaban J connectivity index is 1.66. The average Bonchev–Trinajstić information content (AvgIpc) is 2.55. The highest BCUT2D eigenvalue weighted by Crippen LogP contribution is 2.39. The summed E-state index contributed by atoms with van der Waals surface area (Å²) >= 11 is 0. The summed E-state index contributed by atoms with van der Waals surface area (Å²) in [5.74, 6) is 0. The highest BCUT2D eigenvalue weighted by atomic mass is 15.2. The lowest BCUT2D eigenvalue weighted by atomic mass is 9.80. The van der Waals surface area contributed by atoms with Crippen LogP contribution >= 0.6 is 0 Å². The van der Waals surface area contributed by atoms with Crippen LogP contribution in [0.2, 0.25) is 0 Å². The number of aryl methyl sites for hydroxylation is 3. The van der Waals surface area contributed by atoms with E-state index in [1.165, 1.54) is 53.5 Å². The van der Waals surface area contributed by atoms with Gasteiger partial charge in [0.25, 0.3) is 0 Å². The average molecular weight is 332 g/mol. The third kappa shape index (κ3) is 3.30. The quantitative estimate of drug-likeness (QED) is 0.685. The molecule has 1 nitrogen and oxygen atoms in total.